The molecule has 0 aromatic heterocycles. The van der Waals surface area contributed by atoms with Crippen LogP contribution in [-0.2, 0) is 14.2 Å². The predicted octanol–water partition coefficient (Wildman–Crippen LogP) is 0.335. The van der Waals surface area contributed by atoms with Gasteiger partial charge in [-0.05, 0) is 18.8 Å². The van der Waals surface area contributed by atoms with Crippen LogP contribution in [0.3, 0.4) is 0 Å². The second-order valence-corrected chi connectivity index (χ2v) is 4.80. The number of rotatable bonds is 9. The number of nitrogens with zero attached hydrogens (tertiary/aromatic N) is 1. The van der Waals surface area contributed by atoms with Crippen molar-refractivity contribution in [1.82, 2.24) is 4.90 Å². The van der Waals surface area contributed by atoms with E-state index in [4.69, 9.17) is 19.9 Å². The monoisotopic (exact) mass is 260 g/mol. The molecule has 0 aliphatic carbocycles. The fraction of sp³-hybridized carbons (Fsp3) is 1.00. The minimum atomic E-state index is 0.371. The van der Waals surface area contributed by atoms with Gasteiger partial charge in [0.25, 0.3) is 0 Å². The van der Waals surface area contributed by atoms with Crippen molar-refractivity contribution in [3.05, 3.63) is 0 Å². The first-order valence-corrected chi connectivity index (χ1v) is 6.83. The molecule has 18 heavy (non-hydrogen) atoms. The van der Waals surface area contributed by atoms with E-state index in [-0.39, 0.29) is 0 Å². The van der Waals surface area contributed by atoms with Crippen LogP contribution in [0.25, 0.3) is 0 Å². The van der Waals surface area contributed by atoms with Crippen LogP contribution >= 0.6 is 0 Å². The number of methoxy groups -OCH3 is 2. The van der Waals surface area contributed by atoms with E-state index in [2.05, 4.69) is 4.90 Å². The fourth-order valence-electron chi connectivity index (χ4n) is 2.57. The van der Waals surface area contributed by atoms with Crippen LogP contribution in [0.5, 0.6) is 0 Å². The van der Waals surface area contributed by atoms with Crippen molar-refractivity contribution in [1.29, 1.82) is 0 Å². The van der Waals surface area contributed by atoms with Crippen molar-refractivity contribution in [2.24, 2.45) is 11.7 Å². The topological polar surface area (TPSA) is 57.0 Å². The Balaban J connectivity index is 2.52. The van der Waals surface area contributed by atoms with E-state index in [1.54, 1.807) is 14.2 Å². The van der Waals surface area contributed by atoms with E-state index in [0.717, 1.165) is 45.9 Å². The quantitative estimate of drug-likeness (QED) is 0.648. The molecule has 5 nitrogen and oxygen atoms in total. The molecule has 0 aromatic carbocycles. The molecule has 2 unspecified atom stereocenters. The third-order valence-electron chi connectivity index (χ3n) is 3.62. The molecule has 1 rings (SSSR count). The zero-order valence-electron chi connectivity index (χ0n) is 11.8. The molecule has 0 bridgehead atoms. The number of ether oxygens (including phenoxy) is 3. The summed E-state index contributed by atoms with van der Waals surface area (Å²) in [6, 6.07) is 0.371. The van der Waals surface area contributed by atoms with E-state index in [1.165, 1.54) is 6.42 Å². The molecule has 1 saturated heterocycles. The summed E-state index contributed by atoms with van der Waals surface area (Å²) in [6.07, 6.45) is 2.35. The Kier molecular flexibility index (Phi) is 8.54. The normalized spacial score (nSPS) is 22.3. The van der Waals surface area contributed by atoms with Gasteiger partial charge >= 0.3 is 0 Å². The Bertz CT molecular complexity index is 191. The average Bonchev–Trinajstić information content (AvgIpc) is 2.43. The summed E-state index contributed by atoms with van der Waals surface area (Å²) >= 11 is 0. The van der Waals surface area contributed by atoms with Crippen LogP contribution in [0.1, 0.15) is 12.8 Å². The van der Waals surface area contributed by atoms with E-state index < -0.39 is 0 Å². The molecular weight excluding hydrogens is 232 g/mol. The van der Waals surface area contributed by atoms with Crippen LogP contribution < -0.4 is 5.73 Å². The second-order valence-electron chi connectivity index (χ2n) is 4.80. The van der Waals surface area contributed by atoms with Gasteiger partial charge < -0.3 is 19.9 Å². The Morgan fingerprint density at radius 3 is 2.39 bits per heavy atom. The molecule has 0 saturated carbocycles. The Morgan fingerprint density at radius 2 is 1.94 bits per heavy atom. The van der Waals surface area contributed by atoms with Gasteiger partial charge in [-0.3, -0.25) is 4.90 Å². The molecule has 0 radical (unpaired) electrons. The summed E-state index contributed by atoms with van der Waals surface area (Å²) < 4.78 is 15.9. The zero-order chi connectivity index (χ0) is 13.2. The molecule has 0 spiro atoms. The lowest BCUT2D eigenvalue weighted by atomic mass is 9.92. The Morgan fingerprint density at radius 1 is 1.28 bits per heavy atom. The van der Waals surface area contributed by atoms with Gasteiger partial charge in [0.2, 0.25) is 0 Å². The summed E-state index contributed by atoms with van der Waals surface area (Å²) in [7, 11) is 3.46. The van der Waals surface area contributed by atoms with Gasteiger partial charge in [-0.15, -0.1) is 0 Å². The molecule has 1 aliphatic heterocycles. The van der Waals surface area contributed by atoms with Gasteiger partial charge in [0.05, 0.1) is 19.8 Å². The highest BCUT2D eigenvalue weighted by atomic mass is 16.5. The summed E-state index contributed by atoms with van der Waals surface area (Å²) in [5.41, 5.74) is 5.97. The summed E-state index contributed by atoms with van der Waals surface area (Å²) in [5.74, 6) is 0.539. The summed E-state index contributed by atoms with van der Waals surface area (Å²) in [5, 5.41) is 0. The van der Waals surface area contributed by atoms with Crippen LogP contribution in [0.15, 0.2) is 0 Å². The minimum Gasteiger partial charge on any atom is -0.383 e. The second kappa shape index (κ2) is 9.69. The molecule has 1 fully saturated rings. The molecule has 1 aliphatic rings. The summed E-state index contributed by atoms with van der Waals surface area (Å²) in [4.78, 5) is 2.38. The lowest BCUT2D eigenvalue weighted by Crippen LogP contribution is -2.50. The maximum Gasteiger partial charge on any atom is 0.0589 e. The van der Waals surface area contributed by atoms with Crippen molar-refractivity contribution >= 4 is 0 Å². The highest BCUT2D eigenvalue weighted by Crippen LogP contribution is 2.21. The Labute approximate surface area is 111 Å². The van der Waals surface area contributed by atoms with Crippen molar-refractivity contribution in [2.45, 2.75) is 18.9 Å². The van der Waals surface area contributed by atoms with Crippen LogP contribution in [-0.4, -0.2) is 71.2 Å². The van der Waals surface area contributed by atoms with Crippen molar-refractivity contribution < 1.29 is 14.2 Å². The lowest BCUT2D eigenvalue weighted by molar-refractivity contribution is -0.00102. The highest BCUT2D eigenvalue weighted by molar-refractivity contribution is 4.82. The van der Waals surface area contributed by atoms with Gasteiger partial charge in [0.1, 0.15) is 0 Å². The van der Waals surface area contributed by atoms with Gasteiger partial charge in [0, 0.05) is 46.5 Å². The lowest BCUT2D eigenvalue weighted by Gasteiger charge is -2.37. The van der Waals surface area contributed by atoms with Gasteiger partial charge in [-0.2, -0.15) is 0 Å². The highest BCUT2D eigenvalue weighted by Gasteiger charge is 2.27. The van der Waals surface area contributed by atoms with Gasteiger partial charge in [0.15, 0.2) is 0 Å². The third kappa shape index (κ3) is 5.20. The van der Waals surface area contributed by atoms with Gasteiger partial charge in [-0.1, -0.05) is 0 Å². The smallest absolute Gasteiger partial charge is 0.0589 e. The SMILES string of the molecule is COCCN(CCOC)C(CN)C1CCCOC1. The number of hydrogen-bond acceptors (Lipinski definition) is 5. The molecule has 108 valence electrons. The van der Waals surface area contributed by atoms with E-state index in [0.29, 0.717) is 18.5 Å². The summed E-state index contributed by atoms with van der Waals surface area (Å²) in [6.45, 7) is 5.65. The fourth-order valence-corrected chi connectivity index (χ4v) is 2.57. The molecule has 5 heteroatoms. The zero-order valence-corrected chi connectivity index (χ0v) is 11.8. The molecule has 2 N–H and O–H groups in total. The van der Waals surface area contributed by atoms with Crippen molar-refractivity contribution in [3.8, 4) is 0 Å². The number of nitrogens with two attached hydrogens (primary N) is 1. The standard InChI is InChI=1S/C13H28N2O3/c1-16-8-5-15(6-9-17-2)13(10-14)12-4-3-7-18-11-12/h12-13H,3-11,14H2,1-2H3. The largest absolute Gasteiger partial charge is 0.383 e. The molecule has 0 amide bonds. The maximum atomic E-state index is 5.97. The first-order valence-electron chi connectivity index (χ1n) is 6.83. The first kappa shape index (κ1) is 15.9. The third-order valence-corrected chi connectivity index (χ3v) is 3.62. The van der Waals surface area contributed by atoms with E-state index >= 15 is 0 Å². The van der Waals surface area contributed by atoms with E-state index in [1.807, 2.05) is 0 Å². The maximum absolute atomic E-state index is 5.97. The van der Waals surface area contributed by atoms with Gasteiger partial charge in [-0.25, -0.2) is 0 Å². The molecule has 2 atom stereocenters. The van der Waals surface area contributed by atoms with Crippen LogP contribution in [0.2, 0.25) is 0 Å². The van der Waals surface area contributed by atoms with Crippen LogP contribution in [0.4, 0.5) is 0 Å². The molecule has 0 aromatic rings. The van der Waals surface area contributed by atoms with Crippen molar-refractivity contribution in [2.75, 3.05) is 60.3 Å². The number of hydrogen-bond donors (Lipinski definition) is 1. The van der Waals surface area contributed by atoms with Crippen LogP contribution in [0, 0.1) is 5.92 Å². The Hall–Kier alpha value is -0.200. The molecular formula is C13H28N2O3. The first-order chi connectivity index (χ1) is 8.83. The van der Waals surface area contributed by atoms with E-state index in [9.17, 15) is 0 Å². The predicted molar refractivity (Wildman–Crippen MR) is 71.7 cm³/mol. The average molecular weight is 260 g/mol. The molecule has 1 heterocycles. The minimum absolute atomic E-state index is 0.371. The van der Waals surface area contributed by atoms with Crippen molar-refractivity contribution in [3.63, 3.8) is 0 Å².